The Labute approximate surface area is 57.8 Å². The Morgan fingerprint density at radius 2 is 1.44 bits per heavy atom. The van der Waals surface area contributed by atoms with Crippen LogP contribution in [0.3, 0.4) is 0 Å². The van der Waals surface area contributed by atoms with Gasteiger partial charge in [-0.1, -0.05) is 7.43 Å². The zero-order valence-electron chi connectivity index (χ0n) is 5.24. The summed E-state index contributed by atoms with van der Waals surface area (Å²) in [5.74, 6) is 0. The van der Waals surface area contributed by atoms with Gasteiger partial charge in [0.25, 0.3) is 0 Å². The summed E-state index contributed by atoms with van der Waals surface area (Å²) in [6, 6.07) is 0. The lowest BCUT2D eigenvalue weighted by Gasteiger charge is -2.20. The van der Waals surface area contributed by atoms with Crippen LogP contribution in [-0.4, -0.2) is 13.1 Å². The molecule has 0 aromatic heterocycles. The molecule has 1 saturated heterocycles. The van der Waals surface area contributed by atoms with Gasteiger partial charge in [0.1, 0.15) is 0 Å². The van der Waals surface area contributed by atoms with E-state index in [2.05, 4.69) is 5.32 Å². The van der Waals surface area contributed by atoms with Gasteiger partial charge in [-0.2, -0.15) is 0 Å². The highest BCUT2D eigenvalue weighted by Crippen LogP contribution is 2.52. The van der Waals surface area contributed by atoms with Crippen molar-refractivity contribution >= 4 is 0 Å². The van der Waals surface area contributed by atoms with Crippen molar-refractivity contribution in [2.45, 2.75) is 33.1 Å². The van der Waals surface area contributed by atoms with E-state index in [0.717, 1.165) is 5.41 Å². The second kappa shape index (κ2) is 2.30. The number of piperidine rings is 1. The molecule has 2 aliphatic rings. The standard InChI is InChI=1S/C7H13N.CH4/c1-2-7(1)3-5-8-6-4-7;/h8H,1-6H2;1H4. The maximum atomic E-state index is 3.38. The van der Waals surface area contributed by atoms with E-state index in [1.807, 2.05) is 0 Å². The highest BCUT2D eigenvalue weighted by atomic mass is 14.9. The Morgan fingerprint density at radius 1 is 0.889 bits per heavy atom. The first kappa shape index (κ1) is 7.07. The van der Waals surface area contributed by atoms with Gasteiger partial charge in [-0.25, -0.2) is 0 Å². The van der Waals surface area contributed by atoms with Crippen LogP contribution in [0.25, 0.3) is 0 Å². The molecule has 0 atom stereocenters. The molecule has 1 saturated carbocycles. The number of hydrogen-bond donors (Lipinski definition) is 1. The zero-order valence-corrected chi connectivity index (χ0v) is 5.24. The smallest absolute Gasteiger partial charge is 0.00436 e. The summed E-state index contributed by atoms with van der Waals surface area (Å²) in [6.45, 7) is 2.56. The molecule has 0 aromatic rings. The van der Waals surface area contributed by atoms with Crippen molar-refractivity contribution in [2.24, 2.45) is 5.41 Å². The highest BCUT2D eigenvalue weighted by Gasteiger charge is 2.42. The minimum absolute atomic E-state index is 0. The Bertz CT molecular complexity index is 86.7. The van der Waals surface area contributed by atoms with Crippen molar-refractivity contribution in [1.29, 1.82) is 0 Å². The first-order chi connectivity index (χ1) is 3.91. The zero-order chi connectivity index (χ0) is 5.45. The summed E-state index contributed by atoms with van der Waals surface area (Å²) in [6.07, 6.45) is 5.95. The van der Waals surface area contributed by atoms with Crippen LogP contribution in [0.15, 0.2) is 0 Å². The van der Waals surface area contributed by atoms with Gasteiger partial charge >= 0.3 is 0 Å². The van der Waals surface area contributed by atoms with Gasteiger partial charge < -0.3 is 5.32 Å². The number of nitrogens with one attached hydrogen (secondary N) is 1. The molecule has 9 heavy (non-hydrogen) atoms. The lowest BCUT2D eigenvalue weighted by atomic mass is 9.95. The number of hydrogen-bond acceptors (Lipinski definition) is 1. The van der Waals surface area contributed by atoms with Gasteiger partial charge in [-0.15, -0.1) is 0 Å². The Hall–Kier alpha value is -0.0400. The Kier molecular flexibility index (Phi) is 1.80. The normalized spacial score (nSPS) is 29.3. The molecule has 1 N–H and O–H groups in total. The van der Waals surface area contributed by atoms with Gasteiger partial charge in [-0.3, -0.25) is 0 Å². The third-order valence-corrected chi connectivity index (χ3v) is 2.62. The Balaban J connectivity index is 0.000000405. The van der Waals surface area contributed by atoms with E-state index < -0.39 is 0 Å². The van der Waals surface area contributed by atoms with Crippen LogP contribution in [-0.2, 0) is 0 Å². The van der Waals surface area contributed by atoms with Crippen LogP contribution in [0, 0.1) is 5.41 Å². The number of rotatable bonds is 0. The van der Waals surface area contributed by atoms with Gasteiger partial charge in [-0.05, 0) is 44.2 Å². The molecule has 0 unspecified atom stereocenters. The molecule has 1 heteroatoms. The fourth-order valence-corrected chi connectivity index (χ4v) is 1.63. The molecule has 1 spiro atoms. The first-order valence-electron chi connectivity index (χ1n) is 3.62. The summed E-state index contributed by atoms with van der Waals surface area (Å²) < 4.78 is 0. The molecule has 0 bridgehead atoms. The molecule has 1 aliphatic heterocycles. The quantitative estimate of drug-likeness (QED) is 0.523. The topological polar surface area (TPSA) is 12.0 Å². The fraction of sp³-hybridized carbons (Fsp3) is 1.00. The second-order valence-corrected chi connectivity index (χ2v) is 3.25. The van der Waals surface area contributed by atoms with E-state index in [1.54, 1.807) is 0 Å². The SMILES string of the molecule is C.C1CC2(CCN1)CC2. The molecule has 1 heterocycles. The summed E-state index contributed by atoms with van der Waals surface area (Å²) in [7, 11) is 0. The molecular weight excluding hydrogens is 110 g/mol. The van der Waals surface area contributed by atoms with Crippen molar-refractivity contribution in [2.75, 3.05) is 13.1 Å². The summed E-state index contributed by atoms with van der Waals surface area (Å²) in [5, 5.41) is 3.38. The highest BCUT2D eigenvalue weighted by molar-refractivity contribution is 4.95. The molecule has 1 nitrogen and oxygen atoms in total. The van der Waals surface area contributed by atoms with Crippen LogP contribution in [0.4, 0.5) is 0 Å². The van der Waals surface area contributed by atoms with E-state index in [4.69, 9.17) is 0 Å². The maximum Gasteiger partial charge on any atom is -0.00436 e. The van der Waals surface area contributed by atoms with Crippen LogP contribution < -0.4 is 5.32 Å². The average molecular weight is 127 g/mol. The molecule has 0 amide bonds. The van der Waals surface area contributed by atoms with Crippen molar-refractivity contribution in [3.63, 3.8) is 0 Å². The van der Waals surface area contributed by atoms with E-state index in [0.29, 0.717) is 0 Å². The fourth-order valence-electron chi connectivity index (χ4n) is 1.63. The van der Waals surface area contributed by atoms with Crippen molar-refractivity contribution in [3.8, 4) is 0 Å². The van der Waals surface area contributed by atoms with Crippen molar-refractivity contribution in [3.05, 3.63) is 0 Å². The molecule has 54 valence electrons. The average Bonchev–Trinajstić information content (AvgIpc) is 2.52. The molecule has 1 aliphatic carbocycles. The van der Waals surface area contributed by atoms with Crippen molar-refractivity contribution < 1.29 is 0 Å². The van der Waals surface area contributed by atoms with Crippen LogP contribution >= 0.6 is 0 Å². The largest absolute Gasteiger partial charge is 0.317 e. The van der Waals surface area contributed by atoms with Crippen LogP contribution in [0.5, 0.6) is 0 Å². The van der Waals surface area contributed by atoms with Crippen LogP contribution in [0.2, 0.25) is 0 Å². The molecule has 2 fully saturated rings. The third-order valence-electron chi connectivity index (χ3n) is 2.62. The predicted octanol–water partition coefficient (Wildman–Crippen LogP) is 1.79. The van der Waals surface area contributed by atoms with E-state index in [9.17, 15) is 0 Å². The van der Waals surface area contributed by atoms with Crippen LogP contribution in [0.1, 0.15) is 33.1 Å². The monoisotopic (exact) mass is 127 g/mol. The molecule has 0 aromatic carbocycles. The van der Waals surface area contributed by atoms with Gasteiger partial charge in [0, 0.05) is 0 Å². The lowest BCUT2D eigenvalue weighted by molar-refractivity contribution is 0.353. The van der Waals surface area contributed by atoms with Gasteiger partial charge in [0.05, 0.1) is 0 Å². The van der Waals surface area contributed by atoms with E-state index in [-0.39, 0.29) is 7.43 Å². The maximum absolute atomic E-state index is 3.38. The predicted molar refractivity (Wildman–Crippen MR) is 40.5 cm³/mol. The molecule has 2 rings (SSSR count). The second-order valence-electron chi connectivity index (χ2n) is 3.25. The van der Waals surface area contributed by atoms with Crippen molar-refractivity contribution in [1.82, 2.24) is 5.32 Å². The molecule has 0 radical (unpaired) electrons. The summed E-state index contributed by atoms with van der Waals surface area (Å²) in [5.41, 5.74) is 0.866. The summed E-state index contributed by atoms with van der Waals surface area (Å²) >= 11 is 0. The van der Waals surface area contributed by atoms with Gasteiger partial charge in [0.15, 0.2) is 0 Å². The van der Waals surface area contributed by atoms with Gasteiger partial charge in [0.2, 0.25) is 0 Å². The minimum Gasteiger partial charge on any atom is -0.317 e. The van der Waals surface area contributed by atoms with E-state index >= 15 is 0 Å². The molecular formula is C8H17N. The first-order valence-corrected chi connectivity index (χ1v) is 3.62. The summed E-state index contributed by atoms with van der Waals surface area (Å²) in [4.78, 5) is 0. The minimum atomic E-state index is 0. The van der Waals surface area contributed by atoms with E-state index in [1.165, 1.54) is 38.8 Å². The third kappa shape index (κ3) is 1.26. The lowest BCUT2D eigenvalue weighted by Crippen LogP contribution is -2.28. The Morgan fingerprint density at radius 3 is 1.78 bits per heavy atom.